The quantitative estimate of drug-likeness (QED) is 0.577. The topological polar surface area (TPSA) is 38.9 Å². The molecule has 0 aliphatic carbocycles. The van der Waals surface area contributed by atoms with Crippen LogP contribution in [0.25, 0.3) is 10.9 Å². The summed E-state index contributed by atoms with van der Waals surface area (Å²) in [6.45, 7) is 13.3. The average molecular weight is 321 g/mol. The molecule has 0 atom stereocenters. The Labute approximate surface area is 136 Å². The highest BCUT2D eigenvalue weighted by Crippen LogP contribution is 2.44. The molecule has 0 aliphatic heterocycles. The van der Waals surface area contributed by atoms with E-state index in [1.54, 1.807) is 0 Å². The third kappa shape index (κ3) is 4.30. The van der Waals surface area contributed by atoms with Gasteiger partial charge in [-0.15, -0.1) is 23.5 Å². The van der Waals surface area contributed by atoms with Crippen LogP contribution >= 0.6 is 23.5 Å². The summed E-state index contributed by atoms with van der Waals surface area (Å²) in [5.41, 5.74) is 8.24. The van der Waals surface area contributed by atoms with E-state index in [2.05, 4.69) is 58.7 Å². The van der Waals surface area contributed by atoms with Crippen molar-refractivity contribution in [1.82, 2.24) is 4.98 Å². The maximum absolute atomic E-state index is 6.39. The van der Waals surface area contributed by atoms with Gasteiger partial charge >= 0.3 is 0 Å². The predicted octanol–water partition coefficient (Wildman–Crippen LogP) is 5.60. The van der Waals surface area contributed by atoms with E-state index in [0.717, 1.165) is 21.5 Å². The second-order valence-electron chi connectivity index (χ2n) is 7.11. The highest BCUT2D eigenvalue weighted by atomic mass is 32.2. The average Bonchev–Trinajstić information content (AvgIpc) is 2.32. The number of thioether (sulfide) groups is 2. The summed E-state index contributed by atoms with van der Waals surface area (Å²) in [5, 5.41) is 1.05. The first-order valence-electron chi connectivity index (χ1n) is 7.12. The third-order valence-corrected chi connectivity index (χ3v) is 5.00. The Hall–Kier alpha value is -0.870. The standard InChI is InChI=1S/C17H24N2S2/c1-16(2,3)20-12-10-13(21-17(4,5)6)15-11(14(12)18)8-7-9-19-15/h7-10H,18H2,1-6H3. The van der Waals surface area contributed by atoms with Crippen molar-refractivity contribution in [2.75, 3.05) is 5.73 Å². The molecule has 1 heterocycles. The van der Waals surface area contributed by atoms with Gasteiger partial charge < -0.3 is 5.73 Å². The first-order chi connectivity index (χ1) is 9.57. The smallest absolute Gasteiger partial charge is 0.0859 e. The van der Waals surface area contributed by atoms with Crippen molar-refractivity contribution in [1.29, 1.82) is 0 Å². The van der Waals surface area contributed by atoms with Gasteiger partial charge in [-0.2, -0.15) is 0 Å². The van der Waals surface area contributed by atoms with Crippen LogP contribution in [-0.4, -0.2) is 14.5 Å². The molecule has 21 heavy (non-hydrogen) atoms. The van der Waals surface area contributed by atoms with E-state index in [0.29, 0.717) is 0 Å². The summed E-state index contributed by atoms with van der Waals surface area (Å²) in [4.78, 5) is 6.91. The number of anilines is 1. The molecule has 4 heteroatoms. The van der Waals surface area contributed by atoms with Crippen LogP contribution in [-0.2, 0) is 0 Å². The van der Waals surface area contributed by atoms with E-state index in [1.807, 2.05) is 35.8 Å². The lowest BCUT2D eigenvalue weighted by molar-refractivity contribution is 0.801. The van der Waals surface area contributed by atoms with Crippen molar-refractivity contribution in [3.05, 3.63) is 24.4 Å². The van der Waals surface area contributed by atoms with Gasteiger partial charge in [0.1, 0.15) is 0 Å². The SMILES string of the molecule is CC(C)(C)Sc1cc(SC(C)(C)C)c2ncccc2c1N. The van der Waals surface area contributed by atoms with E-state index < -0.39 is 0 Å². The Kier molecular flexibility index (Phi) is 4.50. The molecule has 0 aliphatic rings. The normalized spacial score (nSPS) is 12.9. The molecule has 2 N–H and O–H groups in total. The highest BCUT2D eigenvalue weighted by Gasteiger charge is 2.20. The van der Waals surface area contributed by atoms with E-state index in [4.69, 9.17) is 5.73 Å². The molecule has 0 saturated carbocycles. The van der Waals surface area contributed by atoms with E-state index in [1.165, 1.54) is 4.90 Å². The second-order valence-corrected chi connectivity index (χ2v) is 10.9. The van der Waals surface area contributed by atoms with Gasteiger partial charge in [-0.25, -0.2) is 0 Å². The number of rotatable bonds is 2. The Balaban J connectivity index is 2.63. The number of aromatic nitrogens is 1. The first kappa shape index (κ1) is 16.5. The fourth-order valence-electron chi connectivity index (χ4n) is 2.04. The Morgan fingerprint density at radius 1 is 0.952 bits per heavy atom. The lowest BCUT2D eigenvalue weighted by Gasteiger charge is -2.23. The number of hydrogen-bond acceptors (Lipinski definition) is 4. The number of nitrogens with zero attached hydrogens (tertiary/aromatic N) is 1. The van der Waals surface area contributed by atoms with Crippen molar-refractivity contribution in [3.63, 3.8) is 0 Å². The Morgan fingerprint density at radius 2 is 1.52 bits per heavy atom. The molecular formula is C17H24N2S2. The molecule has 0 amide bonds. The van der Waals surface area contributed by atoms with Crippen LogP contribution in [0.5, 0.6) is 0 Å². The summed E-state index contributed by atoms with van der Waals surface area (Å²) in [6.07, 6.45) is 1.84. The van der Waals surface area contributed by atoms with Crippen molar-refractivity contribution in [2.24, 2.45) is 0 Å². The third-order valence-electron chi connectivity index (χ3n) is 2.69. The molecule has 1 aromatic carbocycles. The van der Waals surface area contributed by atoms with Gasteiger partial charge in [0.15, 0.2) is 0 Å². The molecule has 114 valence electrons. The zero-order valence-corrected chi connectivity index (χ0v) is 15.3. The van der Waals surface area contributed by atoms with Gasteiger partial charge in [0, 0.05) is 30.9 Å². The largest absolute Gasteiger partial charge is 0.397 e. The first-order valence-corrected chi connectivity index (χ1v) is 8.75. The number of benzene rings is 1. The number of hydrogen-bond donors (Lipinski definition) is 1. The predicted molar refractivity (Wildman–Crippen MR) is 97.4 cm³/mol. The fourth-order valence-corrected chi connectivity index (χ4v) is 4.27. The zero-order chi connectivity index (χ0) is 15.8. The molecule has 0 saturated heterocycles. The van der Waals surface area contributed by atoms with Gasteiger partial charge in [-0.05, 0) is 18.2 Å². The summed E-state index contributed by atoms with van der Waals surface area (Å²) < 4.78 is 0.276. The lowest BCUT2D eigenvalue weighted by atomic mass is 10.2. The molecule has 0 fully saturated rings. The lowest BCUT2D eigenvalue weighted by Crippen LogP contribution is -2.09. The molecule has 0 spiro atoms. The Morgan fingerprint density at radius 3 is 2.10 bits per heavy atom. The van der Waals surface area contributed by atoms with Crippen LogP contribution < -0.4 is 5.73 Å². The van der Waals surface area contributed by atoms with Crippen LogP contribution in [0, 0.1) is 0 Å². The fraction of sp³-hybridized carbons (Fsp3) is 0.471. The molecular weight excluding hydrogens is 296 g/mol. The van der Waals surface area contributed by atoms with Crippen molar-refractivity contribution in [2.45, 2.75) is 60.8 Å². The van der Waals surface area contributed by atoms with Crippen LogP contribution in [0.2, 0.25) is 0 Å². The van der Waals surface area contributed by atoms with E-state index in [9.17, 15) is 0 Å². The molecule has 2 nitrogen and oxygen atoms in total. The minimum atomic E-state index is 0.133. The number of nitrogen functional groups attached to an aromatic ring is 1. The van der Waals surface area contributed by atoms with Gasteiger partial charge in [0.2, 0.25) is 0 Å². The van der Waals surface area contributed by atoms with Crippen molar-refractivity contribution >= 4 is 40.1 Å². The summed E-state index contributed by atoms with van der Waals surface area (Å²) in [6, 6.07) is 6.23. The van der Waals surface area contributed by atoms with Gasteiger partial charge in [-0.1, -0.05) is 41.5 Å². The van der Waals surface area contributed by atoms with Crippen LogP contribution in [0.15, 0.2) is 34.2 Å². The molecule has 0 bridgehead atoms. The molecule has 1 aromatic heterocycles. The summed E-state index contributed by atoms with van der Waals surface area (Å²) in [7, 11) is 0. The number of nitrogens with two attached hydrogens (primary N) is 1. The number of fused-ring (bicyclic) bond motifs is 1. The molecule has 2 aromatic rings. The maximum atomic E-state index is 6.39. The van der Waals surface area contributed by atoms with Crippen LogP contribution in [0.3, 0.4) is 0 Å². The summed E-state index contributed by atoms with van der Waals surface area (Å²) >= 11 is 3.66. The van der Waals surface area contributed by atoms with E-state index in [-0.39, 0.29) is 9.49 Å². The van der Waals surface area contributed by atoms with Crippen molar-refractivity contribution in [3.8, 4) is 0 Å². The van der Waals surface area contributed by atoms with Crippen LogP contribution in [0.4, 0.5) is 5.69 Å². The summed E-state index contributed by atoms with van der Waals surface area (Å²) in [5.74, 6) is 0. The van der Waals surface area contributed by atoms with Gasteiger partial charge in [0.05, 0.1) is 11.2 Å². The highest BCUT2D eigenvalue weighted by molar-refractivity contribution is 8.01. The van der Waals surface area contributed by atoms with Gasteiger partial charge in [0.25, 0.3) is 0 Å². The van der Waals surface area contributed by atoms with Crippen molar-refractivity contribution < 1.29 is 0 Å². The maximum Gasteiger partial charge on any atom is 0.0859 e. The Bertz CT molecular complexity index is 652. The van der Waals surface area contributed by atoms with E-state index >= 15 is 0 Å². The minimum Gasteiger partial charge on any atom is -0.397 e. The molecule has 0 unspecified atom stereocenters. The second kappa shape index (κ2) is 5.73. The van der Waals surface area contributed by atoms with Crippen LogP contribution in [0.1, 0.15) is 41.5 Å². The monoisotopic (exact) mass is 320 g/mol. The van der Waals surface area contributed by atoms with Gasteiger partial charge in [-0.3, -0.25) is 4.98 Å². The number of pyridine rings is 1. The molecule has 0 radical (unpaired) electrons. The zero-order valence-electron chi connectivity index (χ0n) is 13.7. The minimum absolute atomic E-state index is 0.133. The molecule has 2 rings (SSSR count).